The molecule has 1 atom stereocenters. The predicted octanol–water partition coefficient (Wildman–Crippen LogP) is 2.15. The molecule has 0 radical (unpaired) electrons. The van der Waals surface area contributed by atoms with Crippen LogP contribution in [0.25, 0.3) is 0 Å². The maximum atomic E-state index is 12.2. The fourth-order valence-corrected chi connectivity index (χ4v) is 2.83. The lowest BCUT2D eigenvalue weighted by molar-refractivity contribution is -0.126. The molecule has 4 heteroatoms. The fourth-order valence-electron chi connectivity index (χ4n) is 2.83. The zero-order chi connectivity index (χ0) is 14.4. The van der Waals surface area contributed by atoms with E-state index in [0.29, 0.717) is 0 Å². The molecule has 1 aliphatic rings. The molecular formula is C16H25N3O. The second-order valence-corrected chi connectivity index (χ2v) is 5.52. The highest BCUT2D eigenvalue weighted by Crippen LogP contribution is 2.17. The zero-order valence-electron chi connectivity index (χ0n) is 12.3. The minimum atomic E-state index is -0.00104. The highest BCUT2D eigenvalue weighted by atomic mass is 16.2. The Morgan fingerprint density at radius 1 is 1.40 bits per heavy atom. The number of rotatable bonds is 5. The maximum Gasteiger partial charge on any atom is 0.237 e. The Balaban J connectivity index is 2.10. The number of nitrogens with zero attached hydrogens (tertiary/aromatic N) is 1. The molecule has 1 fully saturated rings. The van der Waals surface area contributed by atoms with Crippen LogP contribution in [0.5, 0.6) is 0 Å². The van der Waals surface area contributed by atoms with Crippen molar-refractivity contribution in [2.24, 2.45) is 0 Å². The maximum absolute atomic E-state index is 12.2. The summed E-state index contributed by atoms with van der Waals surface area (Å²) in [4.78, 5) is 14.5. The first-order valence-corrected chi connectivity index (χ1v) is 7.57. The number of hydrogen-bond acceptors (Lipinski definition) is 3. The molecule has 1 aromatic rings. The largest absolute Gasteiger partial charge is 0.399 e. The van der Waals surface area contributed by atoms with Crippen molar-refractivity contribution in [2.75, 3.05) is 18.8 Å². The van der Waals surface area contributed by atoms with Crippen LogP contribution in [-0.2, 0) is 11.3 Å². The van der Waals surface area contributed by atoms with E-state index in [1.54, 1.807) is 0 Å². The Morgan fingerprint density at radius 3 is 3.00 bits per heavy atom. The van der Waals surface area contributed by atoms with Crippen LogP contribution in [0.1, 0.15) is 38.2 Å². The van der Waals surface area contributed by atoms with Gasteiger partial charge in [0.15, 0.2) is 0 Å². The second kappa shape index (κ2) is 7.29. The molecule has 1 aromatic carbocycles. The van der Waals surface area contributed by atoms with Crippen LogP contribution in [0.2, 0.25) is 0 Å². The number of amides is 1. The van der Waals surface area contributed by atoms with Gasteiger partial charge in [-0.25, -0.2) is 0 Å². The molecule has 20 heavy (non-hydrogen) atoms. The molecule has 0 bridgehead atoms. The van der Waals surface area contributed by atoms with E-state index in [1.165, 1.54) is 5.56 Å². The molecule has 1 heterocycles. The Morgan fingerprint density at radius 2 is 2.25 bits per heavy atom. The SMILES string of the molecule is CCCN(Cc1cccc(N)c1)C1CCCCNC1=O. The van der Waals surface area contributed by atoms with E-state index in [-0.39, 0.29) is 11.9 Å². The summed E-state index contributed by atoms with van der Waals surface area (Å²) in [5.41, 5.74) is 7.80. The highest BCUT2D eigenvalue weighted by Gasteiger charge is 2.26. The Labute approximate surface area is 121 Å². The van der Waals surface area contributed by atoms with Crippen molar-refractivity contribution < 1.29 is 4.79 Å². The van der Waals surface area contributed by atoms with Crippen molar-refractivity contribution >= 4 is 11.6 Å². The van der Waals surface area contributed by atoms with Crippen LogP contribution in [-0.4, -0.2) is 29.9 Å². The van der Waals surface area contributed by atoms with Gasteiger partial charge in [0, 0.05) is 18.8 Å². The molecule has 2 rings (SSSR count). The van der Waals surface area contributed by atoms with Crippen molar-refractivity contribution in [3.8, 4) is 0 Å². The number of nitrogens with two attached hydrogens (primary N) is 1. The fraction of sp³-hybridized carbons (Fsp3) is 0.562. The van der Waals surface area contributed by atoms with Crippen molar-refractivity contribution in [1.29, 1.82) is 0 Å². The van der Waals surface area contributed by atoms with E-state index in [9.17, 15) is 4.79 Å². The average Bonchev–Trinajstić information content (AvgIpc) is 2.63. The van der Waals surface area contributed by atoms with E-state index >= 15 is 0 Å². The van der Waals surface area contributed by atoms with Crippen molar-refractivity contribution in [2.45, 2.75) is 45.2 Å². The summed E-state index contributed by atoms with van der Waals surface area (Å²) in [6, 6.07) is 7.94. The second-order valence-electron chi connectivity index (χ2n) is 5.52. The van der Waals surface area contributed by atoms with Crippen molar-refractivity contribution in [3.63, 3.8) is 0 Å². The summed E-state index contributed by atoms with van der Waals surface area (Å²) in [7, 11) is 0. The monoisotopic (exact) mass is 275 g/mol. The summed E-state index contributed by atoms with van der Waals surface area (Å²) < 4.78 is 0. The molecule has 4 nitrogen and oxygen atoms in total. The van der Waals surface area contributed by atoms with Gasteiger partial charge in [0.25, 0.3) is 0 Å². The van der Waals surface area contributed by atoms with Crippen molar-refractivity contribution in [1.82, 2.24) is 10.2 Å². The third-order valence-electron chi connectivity index (χ3n) is 3.79. The van der Waals surface area contributed by atoms with Gasteiger partial charge in [0.05, 0.1) is 6.04 Å². The Bertz CT molecular complexity index is 447. The lowest BCUT2D eigenvalue weighted by atomic mass is 10.1. The molecule has 1 amide bonds. The number of nitrogens with one attached hydrogen (secondary N) is 1. The average molecular weight is 275 g/mol. The van der Waals surface area contributed by atoms with E-state index in [1.807, 2.05) is 18.2 Å². The van der Waals surface area contributed by atoms with Crippen LogP contribution in [0.4, 0.5) is 5.69 Å². The summed E-state index contributed by atoms with van der Waals surface area (Å²) in [6.07, 6.45) is 4.20. The first-order chi connectivity index (χ1) is 9.70. The third kappa shape index (κ3) is 3.97. The molecular weight excluding hydrogens is 250 g/mol. The van der Waals surface area contributed by atoms with E-state index in [4.69, 9.17) is 5.73 Å². The third-order valence-corrected chi connectivity index (χ3v) is 3.79. The Kier molecular flexibility index (Phi) is 5.41. The van der Waals surface area contributed by atoms with Gasteiger partial charge in [-0.2, -0.15) is 0 Å². The molecule has 0 aromatic heterocycles. The minimum Gasteiger partial charge on any atom is -0.399 e. The van der Waals surface area contributed by atoms with Gasteiger partial charge in [-0.05, 0) is 49.9 Å². The van der Waals surface area contributed by atoms with Gasteiger partial charge in [0.2, 0.25) is 5.91 Å². The molecule has 3 N–H and O–H groups in total. The summed E-state index contributed by atoms with van der Waals surface area (Å²) in [5.74, 6) is 0.180. The Hall–Kier alpha value is -1.55. The molecule has 0 spiro atoms. The predicted molar refractivity (Wildman–Crippen MR) is 82.2 cm³/mol. The van der Waals surface area contributed by atoms with Gasteiger partial charge >= 0.3 is 0 Å². The van der Waals surface area contributed by atoms with Gasteiger partial charge < -0.3 is 11.1 Å². The number of nitrogen functional groups attached to an aromatic ring is 1. The molecule has 1 unspecified atom stereocenters. The van der Waals surface area contributed by atoms with Gasteiger partial charge in [-0.3, -0.25) is 9.69 Å². The number of anilines is 1. The van der Waals surface area contributed by atoms with Crippen LogP contribution in [0.3, 0.4) is 0 Å². The van der Waals surface area contributed by atoms with E-state index < -0.39 is 0 Å². The summed E-state index contributed by atoms with van der Waals surface area (Å²) in [5, 5.41) is 3.03. The van der Waals surface area contributed by atoms with Crippen LogP contribution < -0.4 is 11.1 Å². The van der Waals surface area contributed by atoms with E-state index in [2.05, 4.69) is 23.2 Å². The van der Waals surface area contributed by atoms with Gasteiger partial charge in [0.1, 0.15) is 0 Å². The number of benzene rings is 1. The first-order valence-electron chi connectivity index (χ1n) is 7.57. The van der Waals surface area contributed by atoms with Crippen LogP contribution in [0.15, 0.2) is 24.3 Å². The number of hydrogen-bond donors (Lipinski definition) is 2. The number of carbonyl (C=O) groups excluding carboxylic acids is 1. The normalized spacial score (nSPS) is 19.7. The van der Waals surface area contributed by atoms with Crippen molar-refractivity contribution in [3.05, 3.63) is 29.8 Å². The molecule has 110 valence electrons. The molecule has 1 saturated heterocycles. The molecule has 1 aliphatic heterocycles. The highest BCUT2D eigenvalue weighted by molar-refractivity contribution is 5.81. The summed E-state index contributed by atoms with van der Waals surface area (Å²) in [6.45, 7) is 4.69. The quantitative estimate of drug-likeness (QED) is 0.810. The van der Waals surface area contributed by atoms with Gasteiger partial charge in [-0.15, -0.1) is 0 Å². The van der Waals surface area contributed by atoms with Crippen LogP contribution in [0, 0.1) is 0 Å². The minimum absolute atomic E-state index is 0.00104. The molecule has 0 aliphatic carbocycles. The lowest BCUT2D eigenvalue weighted by Gasteiger charge is -2.29. The summed E-state index contributed by atoms with van der Waals surface area (Å²) >= 11 is 0. The standard InChI is InChI=1S/C16H25N3O/c1-2-10-19(12-13-6-5-7-14(17)11-13)15-8-3-4-9-18-16(15)20/h5-7,11,15H,2-4,8-10,12,17H2,1H3,(H,18,20). The van der Waals surface area contributed by atoms with Gasteiger partial charge in [-0.1, -0.05) is 19.1 Å². The topological polar surface area (TPSA) is 58.4 Å². The lowest BCUT2D eigenvalue weighted by Crippen LogP contribution is -2.45. The van der Waals surface area contributed by atoms with Crippen LogP contribution >= 0.6 is 0 Å². The smallest absolute Gasteiger partial charge is 0.237 e. The van der Waals surface area contributed by atoms with E-state index in [0.717, 1.165) is 51.0 Å². The molecule has 0 saturated carbocycles. The zero-order valence-corrected chi connectivity index (χ0v) is 12.3. The number of carbonyl (C=O) groups is 1. The first kappa shape index (κ1) is 14.9.